The lowest BCUT2D eigenvalue weighted by molar-refractivity contribution is -0.137. The Hall–Kier alpha value is -1.82. The summed E-state index contributed by atoms with van der Waals surface area (Å²) in [4.78, 5) is 4.05. The summed E-state index contributed by atoms with van der Waals surface area (Å²) in [6.45, 7) is 1.68. The van der Waals surface area contributed by atoms with Crippen molar-refractivity contribution in [3.8, 4) is 5.69 Å². The van der Waals surface area contributed by atoms with E-state index in [0.29, 0.717) is 11.6 Å². The molecule has 0 bridgehead atoms. The third kappa shape index (κ3) is 2.23. The van der Waals surface area contributed by atoms with Crippen LogP contribution in [0.1, 0.15) is 17.2 Å². The Morgan fingerprint density at radius 2 is 2.05 bits per heavy atom. The van der Waals surface area contributed by atoms with Crippen LogP contribution >= 0.6 is 0 Å². The molecule has 0 unspecified atom stereocenters. The van der Waals surface area contributed by atoms with Crippen LogP contribution in [0, 0.1) is 0 Å². The van der Waals surface area contributed by atoms with Gasteiger partial charge in [-0.3, -0.25) is 0 Å². The first-order chi connectivity index (χ1) is 9.05. The fourth-order valence-corrected chi connectivity index (χ4v) is 2.15. The number of hydrogen-bond acceptors (Lipinski definition) is 2. The van der Waals surface area contributed by atoms with Gasteiger partial charge in [-0.1, -0.05) is 6.07 Å². The molecule has 100 valence electrons. The Labute approximate surface area is 108 Å². The van der Waals surface area contributed by atoms with Crippen LogP contribution in [-0.4, -0.2) is 22.6 Å². The van der Waals surface area contributed by atoms with Crippen molar-refractivity contribution in [1.29, 1.82) is 0 Å². The SMILES string of the molecule is FC(F)(F)c1cccc(-n2cncc2C2CNC2)c1. The highest BCUT2D eigenvalue weighted by Crippen LogP contribution is 2.31. The van der Waals surface area contributed by atoms with Crippen molar-refractivity contribution < 1.29 is 13.2 Å². The highest BCUT2D eigenvalue weighted by Gasteiger charge is 2.31. The Balaban J connectivity index is 2.00. The number of rotatable bonds is 2. The Morgan fingerprint density at radius 1 is 1.26 bits per heavy atom. The van der Waals surface area contributed by atoms with Gasteiger partial charge in [0.1, 0.15) is 0 Å². The molecule has 1 aromatic carbocycles. The van der Waals surface area contributed by atoms with Crippen molar-refractivity contribution in [2.24, 2.45) is 0 Å². The van der Waals surface area contributed by atoms with Gasteiger partial charge in [0, 0.05) is 36.6 Å². The first kappa shape index (κ1) is 12.2. The van der Waals surface area contributed by atoms with Crippen LogP contribution in [0.25, 0.3) is 5.69 Å². The van der Waals surface area contributed by atoms with Gasteiger partial charge in [0.15, 0.2) is 0 Å². The third-order valence-corrected chi connectivity index (χ3v) is 3.32. The minimum atomic E-state index is -4.32. The molecule has 0 spiro atoms. The minimum Gasteiger partial charge on any atom is -0.315 e. The molecule has 0 atom stereocenters. The lowest BCUT2D eigenvalue weighted by Crippen LogP contribution is -2.40. The van der Waals surface area contributed by atoms with Gasteiger partial charge < -0.3 is 9.88 Å². The number of alkyl halides is 3. The number of hydrogen-bond donors (Lipinski definition) is 1. The van der Waals surface area contributed by atoms with Crippen LogP contribution in [0.2, 0.25) is 0 Å². The lowest BCUT2D eigenvalue weighted by Gasteiger charge is -2.28. The molecule has 1 aromatic heterocycles. The average molecular weight is 267 g/mol. The van der Waals surface area contributed by atoms with Crippen molar-refractivity contribution in [2.75, 3.05) is 13.1 Å². The fraction of sp³-hybridized carbons (Fsp3) is 0.308. The summed E-state index contributed by atoms with van der Waals surface area (Å²) in [6.07, 6.45) is -1.05. The van der Waals surface area contributed by atoms with Gasteiger partial charge >= 0.3 is 6.18 Å². The number of halogens is 3. The van der Waals surface area contributed by atoms with Crippen LogP contribution in [0.5, 0.6) is 0 Å². The zero-order valence-electron chi connectivity index (χ0n) is 9.98. The maximum atomic E-state index is 12.7. The molecule has 0 amide bonds. The van der Waals surface area contributed by atoms with E-state index in [1.54, 1.807) is 23.2 Å². The van der Waals surface area contributed by atoms with Crippen LogP contribution in [0.4, 0.5) is 13.2 Å². The summed E-state index contributed by atoms with van der Waals surface area (Å²) in [7, 11) is 0. The van der Waals surface area contributed by atoms with E-state index in [-0.39, 0.29) is 0 Å². The summed E-state index contributed by atoms with van der Waals surface area (Å²) in [6, 6.07) is 5.30. The second kappa shape index (κ2) is 4.38. The standard InChI is InChI=1S/C13H12F3N3/c14-13(15,16)10-2-1-3-11(4-10)19-8-18-7-12(19)9-5-17-6-9/h1-4,7-9,17H,5-6H2. The second-order valence-corrected chi connectivity index (χ2v) is 4.59. The molecule has 3 rings (SSSR count). The largest absolute Gasteiger partial charge is 0.416 e. The molecular weight excluding hydrogens is 255 g/mol. The zero-order valence-corrected chi connectivity index (χ0v) is 9.98. The van der Waals surface area contributed by atoms with Gasteiger partial charge in [0.2, 0.25) is 0 Å². The van der Waals surface area contributed by atoms with Crippen LogP contribution < -0.4 is 5.32 Å². The van der Waals surface area contributed by atoms with Gasteiger partial charge in [0.25, 0.3) is 0 Å². The van der Waals surface area contributed by atoms with Gasteiger partial charge in [0.05, 0.1) is 11.9 Å². The van der Waals surface area contributed by atoms with Crippen LogP contribution in [0.3, 0.4) is 0 Å². The summed E-state index contributed by atoms with van der Waals surface area (Å²) in [5.74, 6) is 0.317. The molecule has 1 fully saturated rings. The highest BCUT2D eigenvalue weighted by atomic mass is 19.4. The topological polar surface area (TPSA) is 29.9 Å². The van der Waals surface area contributed by atoms with E-state index in [9.17, 15) is 13.2 Å². The molecule has 1 aliphatic rings. The van der Waals surface area contributed by atoms with E-state index < -0.39 is 11.7 Å². The molecule has 0 radical (unpaired) electrons. The minimum absolute atomic E-state index is 0.317. The van der Waals surface area contributed by atoms with E-state index in [1.165, 1.54) is 6.07 Å². The van der Waals surface area contributed by atoms with Crippen LogP contribution in [-0.2, 0) is 6.18 Å². The Bertz CT molecular complexity index is 585. The number of nitrogens with zero attached hydrogens (tertiary/aromatic N) is 2. The number of imidazole rings is 1. The molecule has 0 saturated carbocycles. The van der Waals surface area contributed by atoms with E-state index in [2.05, 4.69) is 10.3 Å². The maximum absolute atomic E-state index is 12.7. The van der Waals surface area contributed by atoms with Crippen molar-refractivity contribution in [3.63, 3.8) is 0 Å². The summed E-state index contributed by atoms with van der Waals surface area (Å²) < 4.78 is 39.9. The van der Waals surface area contributed by atoms with Crippen molar-refractivity contribution in [1.82, 2.24) is 14.9 Å². The van der Waals surface area contributed by atoms with E-state index in [4.69, 9.17) is 0 Å². The van der Waals surface area contributed by atoms with Crippen LogP contribution in [0.15, 0.2) is 36.8 Å². The molecule has 6 heteroatoms. The normalized spacial score (nSPS) is 16.4. The fourth-order valence-electron chi connectivity index (χ4n) is 2.15. The first-order valence-corrected chi connectivity index (χ1v) is 5.96. The van der Waals surface area contributed by atoms with E-state index in [1.807, 2.05) is 0 Å². The highest BCUT2D eigenvalue weighted by molar-refractivity contribution is 5.39. The molecule has 1 N–H and O–H groups in total. The van der Waals surface area contributed by atoms with E-state index in [0.717, 1.165) is 30.9 Å². The molecule has 2 heterocycles. The Morgan fingerprint density at radius 3 is 2.68 bits per heavy atom. The predicted molar refractivity (Wildman–Crippen MR) is 64.2 cm³/mol. The van der Waals surface area contributed by atoms with Crippen molar-refractivity contribution in [2.45, 2.75) is 12.1 Å². The van der Waals surface area contributed by atoms with E-state index >= 15 is 0 Å². The lowest BCUT2D eigenvalue weighted by atomic mass is 9.99. The number of nitrogens with one attached hydrogen (secondary N) is 1. The Kier molecular flexibility index (Phi) is 2.82. The van der Waals surface area contributed by atoms with Gasteiger partial charge in [-0.15, -0.1) is 0 Å². The molecule has 1 saturated heterocycles. The smallest absolute Gasteiger partial charge is 0.315 e. The van der Waals surface area contributed by atoms with Gasteiger partial charge in [-0.25, -0.2) is 4.98 Å². The van der Waals surface area contributed by atoms with Gasteiger partial charge in [-0.05, 0) is 18.2 Å². The average Bonchev–Trinajstić information content (AvgIpc) is 2.75. The van der Waals surface area contributed by atoms with Crippen molar-refractivity contribution >= 4 is 0 Å². The predicted octanol–water partition coefficient (Wildman–Crippen LogP) is 2.58. The molecule has 3 nitrogen and oxygen atoms in total. The zero-order chi connectivity index (χ0) is 13.5. The molecule has 19 heavy (non-hydrogen) atoms. The molecule has 0 aliphatic carbocycles. The first-order valence-electron chi connectivity index (χ1n) is 5.96. The summed E-state index contributed by atoms with van der Waals surface area (Å²) in [5.41, 5.74) is 0.795. The quantitative estimate of drug-likeness (QED) is 0.906. The molecule has 2 aromatic rings. The van der Waals surface area contributed by atoms with Gasteiger partial charge in [-0.2, -0.15) is 13.2 Å². The number of aromatic nitrogens is 2. The molecular formula is C13H12F3N3. The summed E-state index contributed by atoms with van der Waals surface area (Å²) in [5, 5.41) is 3.14. The third-order valence-electron chi connectivity index (χ3n) is 3.32. The van der Waals surface area contributed by atoms with Crippen molar-refractivity contribution in [3.05, 3.63) is 48.0 Å². The second-order valence-electron chi connectivity index (χ2n) is 4.59. The monoisotopic (exact) mass is 267 g/mol. The summed E-state index contributed by atoms with van der Waals surface area (Å²) >= 11 is 0. The number of benzene rings is 1. The maximum Gasteiger partial charge on any atom is 0.416 e. The molecule has 1 aliphatic heterocycles.